The number of hydrogen-bond acceptors (Lipinski definition) is 4. The smallest absolute Gasteiger partial charge is 0.179 e. The van der Waals surface area contributed by atoms with Crippen molar-refractivity contribution in [2.75, 3.05) is 0 Å². The standard InChI is InChI=1S/C8H12N2OS/c1-3-6(4-2)8(11)7-5-9-10-12-7/h5-6H,3-4H2,1-2H3. The van der Waals surface area contributed by atoms with Crippen molar-refractivity contribution in [3.8, 4) is 0 Å². The number of aromatic nitrogens is 2. The maximum absolute atomic E-state index is 11.6. The molecule has 0 aliphatic carbocycles. The Balaban J connectivity index is 2.70. The molecule has 0 spiro atoms. The lowest BCUT2D eigenvalue weighted by Gasteiger charge is -2.07. The van der Waals surface area contributed by atoms with Crippen LogP contribution in [0.25, 0.3) is 0 Å². The Morgan fingerprint density at radius 1 is 1.58 bits per heavy atom. The monoisotopic (exact) mass is 184 g/mol. The molecule has 0 aliphatic heterocycles. The zero-order valence-corrected chi connectivity index (χ0v) is 8.10. The third-order valence-electron chi connectivity index (χ3n) is 1.96. The molecule has 1 rings (SSSR count). The van der Waals surface area contributed by atoms with E-state index >= 15 is 0 Å². The van der Waals surface area contributed by atoms with E-state index in [-0.39, 0.29) is 11.7 Å². The zero-order chi connectivity index (χ0) is 8.97. The normalized spacial score (nSPS) is 10.6. The van der Waals surface area contributed by atoms with Gasteiger partial charge in [0, 0.05) is 5.92 Å². The summed E-state index contributed by atoms with van der Waals surface area (Å²) in [6.07, 6.45) is 3.34. The third kappa shape index (κ3) is 1.88. The molecule has 0 aromatic carbocycles. The van der Waals surface area contributed by atoms with Crippen molar-refractivity contribution in [3.63, 3.8) is 0 Å². The summed E-state index contributed by atoms with van der Waals surface area (Å²) >= 11 is 1.18. The average Bonchev–Trinajstić information content (AvgIpc) is 2.58. The van der Waals surface area contributed by atoms with Crippen LogP contribution in [0.4, 0.5) is 0 Å². The largest absolute Gasteiger partial charge is 0.293 e. The van der Waals surface area contributed by atoms with Gasteiger partial charge in [-0.05, 0) is 24.4 Å². The van der Waals surface area contributed by atoms with Gasteiger partial charge in [-0.1, -0.05) is 18.3 Å². The fourth-order valence-corrected chi connectivity index (χ4v) is 1.67. The first-order chi connectivity index (χ1) is 5.79. The Morgan fingerprint density at radius 3 is 2.67 bits per heavy atom. The van der Waals surface area contributed by atoms with Crippen LogP contribution in [0.15, 0.2) is 6.20 Å². The number of rotatable bonds is 4. The van der Waals surface area contributed by atoms with Crippen LogP contribution in [0.5, 0.6) is 0 Å². The van der Waals surface area contributed by atoms with Gasteiger partial charge >= 0.3 is 0 Å². The summed E-state index contributed by atoms with van der Waals surface area (Å²) in [5, 5.41) is 3.64. The van der Waals surface area contributed by atoms with Crippen LogP contribution in [-0.2, 0) is 0 Å². The number of nitrogens with zero attached hydrogens (tertiary/aromatic N) is 2. The first kappa shape index (κ1) is 9.32. The van der Waals surface area contributed by atoms with Crippen LogP contribution in [0.3, 0.4) is 0 Å². The number of ketones is 1. The average molecular weight is 184 g/mol. The quantitative estimate of drug-likeness (QED) is 0.673. The fraction of sp³-hybridized carbons (Fsp3) is 0.625. The van der Waals surface area contributed by atoms with E-state index in [0.717, 1.165) is 12.8 Å². The van der Waals surface area contributed by atoms with Gasteiger partial charge in [0.05, 0.1) is 6.20 Å². The Hall–Kier alpha value is -0.770. The van der Waals surface area contributed by atoms with Crippen molar-refractivity contribution in [2.45, 2.75) is 26.7 Å². The minimum atomic E-state index is 0.146. The van der Waals surface area contributed by atoms with Gasteiger partial charge in [0.1, 0.15) is 4.88 Å². The second kappa shape index (κ2) is 4.30. The first-order valence-electron chi connectivity index (χ1n) is 4.11. The Kier molecular flexibility index (Phi) is 3.34. The van der Waals surface area contributed by atoms with Gasteiger partial charge in [0.25, 0.3) is 0 Å². The van der Waals surface area contributed by atoms with Crippen molar-refractivity contribution in [2.24, 2.45) is 5.92 Å². The first-order valence-corrected chi connectivity index (χ1v) is 4.88. The second-order valence-electron chi connectivity index (χ2n) is 2.66. The molecule has 12 heavy (non-hydrogen) atoms. The van der Waals surface area contributed by atoms with Crippen LogP contribution in [0.1, 0.15) is 36.4 Å². The number of carbonyl (C=O) groups is 1. The van der Waals surface area contributed by atoms with Crippen LogP contribution in [0.2, 0.25) is 0 Å². The molecule has 0 N–H and O–H groups in total. The summed E-state index contributed by atoms with van der Waals surface area (Å²) in [6, 6.07) is 0. The summed E-state index contributed by atoms with van der Waals surface area (Å²) in [5.41, 5.74) is 0. The summed E-state index contributed by atoms with van der Waals surface area (Å²) in [5.74, 6) is 0.335. The van der Waals surface area contributed by atoms with E-state index in [4.69, 9.17) is 0 Å². The second-order valence-corrected chi connectivity index (χ2v) is 3.45. The molecule has 0 radical (unpaired) electrons. The van der Waals surface area contributed by atoms with Crippen LogP contribution in [-0.4, -0.2) is 15.4 Å². The summed E-state index contributed by atoms with van der Waals surface area (Å²) < 4.78 is 3.67. The Morgan fingerprint density at radius 2 is 2.25 bits per heavy atom. The number of carbonyl (C=O) groups excluding carboxylic acids is 1. The molecule has 0 saturated carbocycles. The molecule has 66 valence electrons. The van der Waals surface area contributed by atoms with Crippen molar-refractivity contribution >= 4 is 17.3 Å². The molecule has 0 fully saturated rings. The fourth-order valence-electron chi connectivity index (χ4n) is 1.14. The highest BCUT2D eigenvalue weighted by Gasteiger charge is 2.17. The van der Waals surface area contributed by atoms with E-state index in [0.29, 0.717) is 4.88 Å². The topological polar surface area (TPSA) is 42.9 Å². The lowest BCUT2D eigenvalue weighted by atomic mass is 9.98. The van der Waals surface area contributed by atoms with Crippen molar-refractivity contribution in [1.29, 1.82) is 0 Å². The Labute approximate surface area is 76.0 Å². The maximum Gasteiger partial charge on any atom is 0.179 e. The highest BCUT2D eigenvalue weighted by Crippen LogP contribution is 2.16. The maximum atomic E-state index is 11.6. The van der Waals surface area contributed by atoms with Gasteiger partial charge < -0.3 is 0 Å². The molecule has 0 saturated heterocycles. The predicted octanol–water partition coefficient (Wildman–Crippen LogP) is 2.16. The zero-order valence-electron chi connectivity index (χ0n) is 7.28. The summed E-state index contributed by atoms with van der Waals surface area (Å²) in [6.45, 7) is 4.06. The van der Waals surface area contributed by atoms with Gasteiger partial charge in [0.2, 0.25) is 0 Å². The molecule has 0 aliphatic rings. The Bertz CT molecular complexity index is 242. The van der Waals surface area contributed by atoms with E-state index in [1.54, 1.807) is 6.20 Å². The molecule has 4 heteroatoms. The van der Waals surface area contributed by atoms with Crippen LogP contribution >= 0.6 is 11.5 Å². The molecule has 1 aromatic rings. The van der Waals surface area contributed by atoms with E-state index in [9.17, 15) is 4.79 Å². The van der Waals surface area contributed by atoms with E-state index in [1.165, 1.54) is 11.5 Å². The highest BCUT2D eigenvalue weighted by atomic mass is 32.1. The minimum absolute atomic E-state index is 0.146. The predicted molar refractivity (Wildman–Crippen MR) is 48.3 cm³/mol. The van der Waals surface area contributed by atoms with Crippen molar-refractivity contribution in [1.82, 2.24) is 9.59 Å². The SMILES string of the molecule is CCC(CC)C(=O)c1cnns1. The minimum Gasteiger partial charge on any atom is -0.293 e. The van der Waals surface area contributed by atoms with E-state index in [2.05, 4.69) is 9.59 Å². The molecule has 0 atom stereocenters. The molecular formula is C8H12N2OS. The van der Waals surface area contributed by atoms with Crippen molar-refractivity contribution < 1.29 is 4.79 Å². The summed E-state index contributed by atoms with van der Waals surface area (Å²) in [7, 11) is 0. The van der Waals surface area contributed by atoms with E-state index in [1.807, 2.05) is 13.8 Å². The van der Waals surface area contributed by atoms with Crippen molar-refractivity contribution in [3.05, 3.63) is 11.1 Å². The van der Waals surface area contributed by atoms with Crippen LogP contribution in [0, 0.1) is 5.92 Å². The van der Waals surface area contributed by atoms with Gasteiger partial charge in [-0.2, -0.15) is 0 Å². The third-order valence-corrected chi connectivity index (χ3v) is 2.64. The van der Waals surface area contributed by atoms with Gasteiger partial charge in [-0.25, -0.2) is 0 Å². The molecule has 3 nitrogen and oxygen atoms in total. The number of hydrogen-bond donors (Lipinski definition) is 0. The molecule has 0 unspecified atom stereocenters. The van der Waals surface area contributed by atoms with E-state index < -0.39 is 0 Å². The molecular weight excluding hydrogens is 172 g/mol. The molecule has 0 bridgehead atoms. The molecule has 0 amide bonds. The lowest BCUT2D eigenvalue weighted by Crippen LogP contribution is -2.11. The molecule has 1 aromatic heterocycles. The lowest BCUT2D eigenvalue weighted by molar-refractivity contribution is 0.0917. The summed E-state index contributed by atoms with van der Waals surface area (Å²) in [4.78, 5) is 12.3. The van der Waals surface area contributed by atoms with Gasteiger partial charge in [-0.15, -0.1) is 5.10 Å². The number of Topliss-reactive ketones (excluding diaryl/α,β-unsaturated/α-hetero) is 1. The molecule has 1 heterocycles. The van der Waals surface area contributed by atoms with Gasteiger partial charge in [0.15, 0.2) is 5.78 Å². The van der Waals surface area contributed by atoms with Crippen LogP contribution < -0.4 is 0 Å². The highest BCUT2D eigenvalue weighted by molar-refractivity contribution is 7.07. The van der Waals surface area contributed by atoms with Gasteiger partial charge in [-0.3, -0.25) is 4.79 Å².